The van der Waals surface area contributed by atoms with Crippen LogP contribution in [-0.2, 0) is 4.79 Å². The zero-order valence-electron chi connectivity index (χ0n) is 14.3. The first-order valence-electron chi connectivity index (χ1n) is 8.45. The minimum Gasteiger partial charge on any atom is -0.352 e. The summed E-state index contributed by atoms with van der Waals surface area (Å²) in [4.78, 5) is 27.0. The van der Waals surface area contributed by atoms with Crippen LogP contribution >= 0.6 is 0 Å². The molecule has 126 valence electrons. The number of amides is 2. The molecule has 1 fully saturated rings. The molecule has 0 saturated carbocycles. The van der Waals surface area contributed by atoms with E-state index in [9.17, 15) is 9.59 Å². The SMILES string of the molecule is CCNC(=O)c1ccccc1NC(=O)C1CCN(C(C)C)CC1. The van der Waals surface area contributed by atoms with E-state index < -0.39 is 0 Å². The Balaban J connectivity index is 2.00. The first-order valence-corrected chi connectivity index (χ1v) is 8.45. The Morgan fingerprint density at radius 2 is 1.87 bits per heavy atom. The predicted molar refractivity (Wildman–Crippen MR) is 92.5 cm³/mol. The van der Waals surface area contributed by atoms with E-state index >= 15 is 0 Å². The number of para-hydroxylation sites is 1. The van der Waals surface area contributed by atoms with Crippen molar-refractivity contribution in [1.29, 1.82) is 0 Å². The Morgan fingerprint density at radius 3 is 2.48 bits per heavy atom. The molecule has 5 nitrogen and oxygen atoms in total. The number of piperidine rings is 1. The van der Waals surface area contributed by atoms with Crippen molar-refractivity contribution in [2.45, 2.75) is 39.7 Å². The number of nitrogens with zero attached hydrogens (tertiary/aromatic N) is 1. The van der Waals surface area contributed by atoms with Gasteiger partial charge in [-0.2, -0.15) is 0 Å². The van der Waals surface area contributed by atoms with E-state index in [4.69, 9.17) is 0 Å². The number of rotatable bonds is 5. The molecule has 1 saturated heterocycles. The molecule has 1 aliphatic heterocycles. The van der Waals surface area contributed by atoms with Crippen LogP contribution < -0.4 is 10.6 Å². The van der Waals surface area contributed by atoms with Crippen LogP contribution in [0.1, 0.15) is 44.0 Å². The minimum absolute atomic E-state index is 0.0187. The van der Waals surface area contributed by atoms with Gasteiger partial charge in [-0.3, -0.25) is 9.59 Å². The molecule has 1 heterocycles. The van der Waals surface area contributed by atoms with Gasteiger partial charge in [0.05, 0.1) is 11.3 Å². The van der Waals surface area contributed by atoms with E-state index in [1.165, 1.54) is 0 Å². The van der Waals surface area contributed by atoms with Gasteiger partial charge in [0, 0.05) is 18.5 Å². The summed E-state index contributed by atoms with van der Waals surface area (Å²) in [5.74, 6) is -0.115. The molecular formula is C18H27N3O2. The largest absolute Gasteiger partial charge is 0.352 e. The molecule has 0 atom stereocenters. The molecule has 0 spiro atoms. The maximum atomic E-state index is 12.5. The molecule has 0 aliphatic carbocycles. The zero-order valence-corrected chi connectivity index (χ0v) is 14.3. The Morgan fingerprint density at radius 1 is 1.22 bits per heavy atom. The van der Waals surface area contributed by atoms with Crippen molar-refractivity contribution in [2.24, 2.45) is 5.92 Å². The summed E-state index contributed by atoms with van der Waals surface area (Å²) in [6.45, 7) is 8.71. The number of nitrogens with one attached hydrogen (secondary N) is 2. The summed E-state index contributed by atoms with van der Waals surface area (Å²) < 4.78 is 0. The molecular weight excluding hydrogens is 290 g/mol. The van der Waals surface area contributed by atoms with Gasteiger partial charge >= 0.3 is 0 Å². The average Bonchev–Trinajstić information content (AvgIpc) is 2.55. The number of benzene rings is 1. The standard InChI is InChI=1S/C18H27N3O2/c1-4-19-18(23)15-7-5-6-8-16(15)20-17(22)14-9-11-21(12-10-14)13(2)3/h5-8,13-14H,4,9-12H2,1-3H3,(H,19,23)(H,20,22). The van der Waals surface area contributed by atoms with Crippen LogP contribution in [0.5, 0.6) is 0 Å². The highest BCUT2D eigenvalue weighted by Gasteiger charge is 2.26. The van der Waals surface area contributed by atoms with Gasteiger partial charge in [0.1, 0.15) is 0 Å². The van der Waals surface area contributed by atoms with Crippen molar-refractivity contribution in [3.05, 3.63) is 29.8 Å². The van der Waals surface area contributed by atoms with Crippen LogP contribution in [0.4, 0.5) is 5.69 Å². The lowest BCUT2D eigenvalue weighted by molar-refractivity contribution is -0.121. The Labute approximate surface area is 138 Å². The van der Waals surface area contributed by atoms with Crippen molar-refractivity contribution in [3.8, 4) is 0 Å². The third-order valence-electron chi connectivity index (χ3n) is 4.40. The maximum absolute atomic E-state index is 12.5. The highest BCUT2D eigenvalue weighted by Crippen LogP contribution is 2.22. The highest BCUT2D eigenvalue weighted by molar-refractivity contribution is 6.04. The van der Waals surface area contributed by atoms with Crippen molar-refractivity contribution < 1.29 is 9.59 Å². The lowest BCUT2D eigenvalue weighted by Crippen LogP contribution is -2.41. The van der Waals surface area contributed by atoms with Gasteiger partial charge in [-0.15, -0.1) is 0 Å². The minimum atomic E-state index is -0.155. The van der Waals surface area contributed by atoms with Gasteiger partial charge in [0.15, 0.2) is 0 Å². The summed E-state index contributed by atoms with van der Waals surface area (Å²) in [5.41, 5.74) is 1.11. The Bertz CT molecular complexity index is 549. The van der Waals surface area contributed by atoms with Crippen LogP contribution in [0.25, 0.3) is 0 Å². The second kappa shape index (κ2) is 8.11. The summed E-state index contributed by atoms with van der Waals surface area (Å²) in [7, 11) is 0. The van der Waals surface area contributed by atoms with E-state index in [-0.39, 0.29) is 17.7 Å². The summed E-state index contributed by atoms with van der Waals surface area (Å²) in [6.07, 6.45) is 1.74. The third kappa shape index (κ3) is 4.55. The monoisotopic (exact) mass is 317 g/mol. The van der Waals surface area contributed by atoms with Crippen LogP contribution in [0.15, 0.2) is 24.3 Å². The van der Waals surface area contributed by atoms with Gasteiger partial charge in [-0.25, -0.2) is 0 Å². The molecule has 5 heteroatoms. The van der Waals surface area contributed by atoms with Crippen molar-refractivity contribution in [1.82, 2.24) is 10.2 Å². The Hall–Kier alpha value is -1.88. The fourth-order valence-corrected chi connectivity index (χ4v) is 2.96. The lowest BCUT2D eigenvalue weighted by atomic mass is 9.95. The van der Waals surface area contributed by atoms with E-state index in [1.54, 1.807) is 18.2 Å². The number of carbonyl (C=O) groups is 2. The number of anilines is 1. The number of likely N-dealkylation sites (tertiary alicyclic amines) is 1. The zero-order chi connectivity index (χ0) is 16.8. The molecule has 23 heavy (non-hydrogen) atoms. The lowest BCUT2D eigenvalue weighted by Gasteiger charge is -2.34. The molecule has 1 aromatic rings. The fraction of sp³-hybridized carbons (Fsp3) is 0.556. The van der Waals surface area contributed by atoms with Gasteiger partial charge in [0.25, 0.3) is 5.91 Å². The van der Waals surface area contributed by atoms with E-state index in [1.807, 2.05) is 13.0 Å². The molecule has 0 bridgehead atoms. The van der Waals surface area contributed by atoms with Crippen molar-refractivity contribution >= 4 is 17.5 Å². The quantitative estimate of drug-likeness (QED) is 0.877. The highest BCUT2D eigenvalue weighted by atomic mass is 16.2. The van der Waals surface area contributed by atoms with Gasteiger partial charge < -0.3 is 15.5 Å². The number of carbonyl (C=O) groups excluding carboxylic acids is 2. The summed E-state index contributed by atoms with van der Waals surface area (Å²) in [6, 6.07) is 7.69. The smallest absolute Gasteiger partial charge is 0.253 e. The predicted octanol–water partition coefficient (Wildman–Crippen LogP) is 2.50. The third-order valence-corrected chi connectivity index (χ3v) is 4.40. The second-order valence-corrected chi connectivity index (χ2v) is 6.30. The van der Waals surface area contributed by atoms with Gasteiger partial charge in [-0.1, -0.05) is 12.1 Å². The average molecular weight is 317 g/mol. The first-order chi connectivity index (χ1) is 11.0. The molecule has 1 aliphatic rings. The van der Waals surface area contributed by atoms with E-state index in [0.29, 0.717) is 23.8 Å². The van der Waals surface area contributed by atoms with Crippen molar-refractivity contribution in [2.75, 3.05) is 25.0 Å². The maximum Gasteiger partial charge on any atom is 0.253 e. The van der Waals surface area contributed by atoms with Crippen molar-refractivity contribution in [3.63, 3.8) is 0 Å². The molecule has 2 rings (SSSR count). The van der Waals surface area contributed by atoms with Gasteiger partial charge in [-0.05, 0) is 58.8 Å². The molecule has 0 unspecified atom stereocenters. The van der Waals surface area contributed by atoms with Gasteiger partial charge in [0.2, 0.25) is 5.91 Å². The van der Waals surface area contributed by atoms with E-state index in [0.717, 1.165) is 25.9 Å². The van der Waals surface area contributed by atoms with E-state index in [2.05, 4.69) is 29.4 Å². The molecule has 0 aromatic heterocycles. The summed E-state index contributed by atoms with van der Waals surface area (Å²) in [5, 5.41) is 5.72. The Kier molecular flexibility index (Phi) is 6.16. The number of hydrogen-bond donors (Lipinski definition) is 2. The molecule has 0 radical (unpaired) electrons. The molecule has 2 amide bonds. The first kappa shape index (κ1) is 17.5. The van der Waals surface area contributed by atoms with Crippen LogP contribution in [0, 0.1) is 5.92 Å². The summed E-state index contributed by atoms with van der Waals surface area (Å²) >= 11 is 0. The number of hydrogen-bond acceptors (Lipinski definition) is 3. The van der Waals surface area contributed by atoms with Crippen LogP contribution in [0.3, 0.4) is 0 Å². The van der Waals surface area contributed by atoms with Crippen LogP contribution in [-0.4, -0.2) is 42.4 Å². The topological polar surface area (TPSA) is 61.4 Å². The van der Waals surface area contributed by atoms with Crippen LogP contribution in [0.2, 0.25) is 0 Å². The molecule has 1 aromatic carbocycles. The fourth-order valence-electron chi connectivity index (χ4n) is 2.96. The second-order valence-electron chi connectivity index (χ2n) is 6.30. The normalized spacial score (nSPS) is 16.3. The molecule has 2 N–H and O–H groups in total.